The molecule has 3 nitrogen and oxygen atoms in total. The van der Waals surface area contributed by atoms with Crippen molar-refractivity contribution in [3.8, 4) is 0 Å². The van der Waals surface area contributed by atoms with Crippen molar-refractivity contribution >= 4 is 10.0 Å². The van der Waals surface area contributed by atoms with Crippen LogP contribution in [0.25, 0.3) is 0 Å². The number of nitrogens with zero attached hydrogens (tertiary/aromatic N) is 1. The molecule has 1 fully saturated rings. The molecule has 0 saturated carbocycles. The van der Waals surface area contributed by atoms with Gasteiger partial charge in [0.2, 0.25) is 10.0 Å². The normalized spacial score (nSPS) is 22.9. The van der Waals surface area contributed by atoms with E-state index in [0.29, 0.717) is 11.4 Å². The van der Waals surface area contributed by atoms with Gasteiger partial charge in [-0.2, -0.15) is 4.31 Å². The summed E-state index contributed by atoms with van der Waals surface area (Å²) in [5.74, 6) is 0.241. The highest BCUT2D eigenvalue weighted by Gasteiger charge is 2.45. The van der Waals surface area contributed by atoms with E-state index in [2.05, 4.69) is 6.58 Å². The summed E-state index contributed by atoms with van der Waals surface area (Å²) in [5.41, 5.74) is 1.75. The molecule has 0 amide bonds. The predicted octanol–water partition coefficient (Wildman–Crippen LogP) is 3.36. The lowest BCUT2D eigenvalue weighted by Crippen LogP contribution is -2.42. The lowest BCUT2D eigenvalue weighted by atomic mass is 9.93. The second kappa shape index (κ2) is 5.01. The van der Waals surface area contributed by atoms with Crippen LogP contribution >= 0.6 is 0 Å². The van der Waals surface area contributed by atoms with Gasteiger partial charge in [0, 0.05) is 12.1 Å². The first-order valence-electron chi connectivity index (χ1n) is 6.89. The third-order valence-corrected chi connectivity index (χ3v) is 6.20. The van der Waals surface area contributed by atoms with Crippen molar-refractivity contribution in [3.05, 3.63) is 42.0 Å². The Kier molecular flexibility index (Phi) is 3.82. The molecule has 1 aliphatic rings. The van der Waals surface area contributed by atoms with Crippen molar-refractivity contribution in [1.29, 1.82) is 0 Å². The van der Waals surface area contributed by atoms with Crippen molar-refractivity contribution in [2.45, 2.75) is 44.6 Å². The van der Waals surface area contributed by atoms with Crippen molar-refractivity contribution in [2.75, 3.05) is 6.54 Å². The minimum absolute atomic E-state index is 0.241. The summed E-state index contributed by atoms with van der Waals surface area (Å²) in [6, 6.07) is 7.06. The van der Waals surface area contributed by atoms with E-state index in [4.69, 9.17) is 0 Å². The fourth-order valence-electron chi connectivity index (χ4n) is 2.81. The highest BCUT2D eigenvalue weighted by molar-refractivity contribution is 7.89. The fourth-order valence-corrected chi connectivity index (χ4v) is 4.64. The maximum Gasteiger partial charge on any atom is 0.243 e. The molecular formula is C16H23NO2S. The molecule has 0 spiro atoms. The monoisotopic (exact) mass is 293 g/mol. The van der Waals surface area contributed by atoms with Crippen LogP contribution < -0.4 is 0 Å². The SMILES string of the molecule is C=C(C)C1CN(S(=O)(=O)c2ccc(C)cc2)C(C)(C)C1. The highest BCUT2D eigenvalue weighted by atomic mass is 32.2. The second-order valence-electron chi connectivity index (χ2n) is 6.41. The Hall–Kier alpha value is -1.13. The molecule has 0 aliphatic carbocycles. The molecule has 1 aromatic rings. The molecule has 1 saturated heterocycles. The first-order chi connectivity index (χ1) is 9.14. The lowest BCUT2D eigenvalue weighted by molar-refractivity contribution is 0.291. The molecule has 1 aliphatic heterocycles. The van der Waals surface area contributed by atoms with Crippen molar-refractivity contribution in [1.82, 2.24) is 4.31 Å². The van der Waals surface area contributed by atoms with Crippen LogP contribution in [0.1, 0.15) is 32.8 Å². The van der Waals surface area contributed by atoms with Crippen molar-refractivity contribution in [3.63, 3.8) is 0 Å². The Balaban J connectivity index is 2.39. The molecule has 20 heavy (non-hydrogen) atoms. The number of hydrogen-bond donors (Lipinski definition) is 0. The van der Waals surface area contributed by atoms with Gasteiger partial charge in [-0.05, 0) is 52.2 Å². The largest absolute Gasteiger partial charge is 0.243 e. The second-order valence-corrected chi connectivity index (χ2v) is 8.27. The molecule has 2 rings (SSSR count). The fraction of sp³-hybridized carbons (Fsp3) is 0.500. The van der Waals surface area contributed by atoms with E-state index >= 15 is 0 Å². The van der Waals surface area contributed by atoms with Gasteiger partial charge in [0.25, 0.3) is 0 Å². The van der Waals surface area contributed by atoms with Crippen LogP contribution in [0, 0.1) is 12.8 Å². The molecule has 1 aromatic carbocycles. The Labute approximate surface area is 122 Å². The van der Waals surface area contributed by atoms with Crippen LogP contribution in [0.15, 0.2) is 41.3 Å². The molecule has 1 unspecified atom stereocenters. The van der Waals surface area contributed by atoms with Gasteiger partial charge < -0.3 is 0 Å². The van der Waals surface area contributed by atoms with Crippen LogP contribution in [0.5, 0.6) is 0 Å². The quantitative estimate of drug-likeness (QED) is 0.801. The van der Waals surface area contributed by atoms with Gasteiger partial charge >= 0.3 is 0 Å². The van der Waals surface area contributed by atoms with E-state index in [1.165, 1.54) is 0 Å². The van der Waals surface area contributed by atoms with E-state index in [9.17, 15) is 8.42 Å². The van der Waals surface area contributed by atoms with E-state index < -0.39 is 10.0 Å². The van der Waals surface area contributed by atoms with Gasteiger partial charge in [0.05, 0.1) is 4.90 Å². The van der Waals surface area contributed by atoms with E-state index in [0.717, 1.165) is 17.6 Å². The highest BCUT2D eigenvalue weighted by Crippen LogP contribution is 2.39. The molecule has 0 radical (unpaired) electrons. The van der Waals surface area contributed by atoms with Gasteiger partial charge in [0.1, 0.15) is 0 Å². The molecule has 110 valence electrons. The summed E-state index contributed by atoms with van der Waals surface area (Å²) in [5, 5.41) is 0. The smallest absolute Gasteiger partial charge is 0.207 e. The molecule has 1 atom stereocenters. The standard InChI is InChI=1S/C16H23NO2S/c1-12(2)14-10-16(4,5)17(11-14)20(18,19)15-8-6-13(3)7-9-15/h6-9,14H,1,10-11H2,2-5H3. The molecule has 4 heteroatoms. The van der Waals surface area contributed by atoms with Crippen LogP contribution in [-0.4, -0.2) is 24.8 Å². The zero-order valence-electron chi connectivity index (χ0n) is 12.7. The van der Waals surface area contributed by atoms with Gasteiger partial charge in [-0.3, -0.25) is 0 Å². The van der Waals surface area contributed by atoms with Gasteiger partial charge in [-0.1, -0.05) is 29.8 Å². The van der Waals surface area contributed by atoms with Crippen LogP contribution in [-0.2, 0) is 10.0 Å². The zero-order chi connectivity index (χ0) is 15.1. The number of sulfonamides is 1. The average molecular weight is 293 g/mol. The minimum Gasteiger partial charge on any atom is -0.207 e. The Morgan fingerprint density at radius 2 is 1.85 bits per heavy atom. The predicted molar refractivity (Wildman–Crippen MR) is 82.1 cm³/mol. The summed E-state index contributed by atoms with van der Waals surface area (Å²) in [6.07, 6.45) is 0.827. The first kappa shape index (κ1) is 15.3. The van der Waals surface area contributed by atoms with Crippen LogP contribution in [0.3, 0.4) is 0 Å². The third-order valence-electron chi connectivity index (χ3n) is 4.11. The minimum atomic E-state index is -3.44. The summed E-state index contributed by atoms with van der Waals surface area (Å²) in [7, 11) is -3.44. The summed E-state index contributed by atoms with van der Waals surface area (Å²) in [6.45, 7) is 12.4. The Morgan fingerprint density at radius 1 is 1.30 bits per heavy atom. The Bertz CT molecular complexity index is 614. The number of rotatable bonds is 3. The molecule has 0 aromatic heterocycles. The lowest BCUT2D eigenvalue weighted by Gasteiger charge is -2.30. The molecule has 0 N–H and O–H groups in total. The first-order valence-corrected chi connectivity index (χ1v) is 8.33. The average Bonchev–Trinajstić information content (AvgIpc) is 2.66. The Morgan fingerprint density at radius 3 is 2.30 bits per heavy atom. The van der Waals surface area contributed by atoms with Crippen LogP contribution in [0.2, 0.25) is 0 Å². The topological polar surface area (TPSA) is 37.4 Å². The maximum atomic E-state index is 12.8. The van der Waals surface area contributed by atoms with Crippen molar-refractivity contribution < 1.29 is 8.42 Å². The summed E-state index contributed by atoms with van der Waals surface area (Å²) in [4.78, 5) is 0.374. The number of benzene rings is 1. The van der Waals surface area contributed by atoms with E-state index in [1.54, 1.807) is 16.4 Å². The third kappa shape index (κ3) is 2.67. The van der Waals surface area contributed by atoms with E-state index in [-0.39, 0.29) is 11.5 Å². The van der Waals surface area contributed by atoms with Crippen molar-refractivity contribution in [2.24, 2.45) is 5.92 Å². The van der Waals surface area contributed by atoms with Gasteiger partial charge in [-0.15, -0.1) is 0 Å². The van der Waals surface area contributed by atoms with Gasteiger partial charge in [0.15, 0.2) is 0 Å². The molecule has 1 heterocycles. The maximum absolute atomic E-state index is 12.8. The van der Waals surface area contributed by atoms with Gasteiger partial charge in [-0.25, -0.2) is 8.42 Å². The van der Waals surface area contributed by atoms with E-state index in [1.807, 2.05) is 39.8 Å². The molecule has 0 bridgehead atoms. The van der Waals surface area contributed by atoms with Crippen LogP contribution in [0.4, 0.5) is 0 Å². The molecular weight excluding hydrogens is 270 g/mol. The number of aryl methyl sites for hydroxylation is 1. The number of hydrogen-bond acceptors (Lipinski definition) is 2. The summed E-state index contributed by atoms with van der Waals surface area (Å²) < 4.78 is 27.3. The summed E-state index contributed by atoms with van der Waals surface area (Å²) >= 11 is 0. The zero-order valence-corrected chi connectivity index (χ0v) is 13.5.